The van der Waals surface area contributed by atoms with E-state index in [0.717, 1.165) is 0 Å². The highest BCUT2D eigenvalue weighted by Gasteiger charge is 2.36. The average molecular weight is 298 g/mol. The smallest absolute Gasteiger partial charge is 0.307 e. The van der Waals surface area contributed by atoms with Crippen LogP contribution in [-0.2, 0) is 18.2 Å². The Labute approximate surface area is 109 Å². The Morgan fingerprint density at radius 2 is 1.83 bits per heavy atom. The Kier molecular flexibility index (Phi) is 5.21. The Morgan fingerprint density at radius 3 is 2.28 bits per heavy atom. The molecule has 1 aliphatic rings. The molecular formula is C10H24N2O4P2. The third kappa shape index (κ3) is 5.12. The van der Waals surface area contributed by atoms with Crippen LogP contribution in [0.1, 0.15) is 13.8 Å². The lowest BCUT2D eigenvalue weighted by Gasteiger charge is -2.34. The van der Waals surface area contributed by atoms with E-state index in [9.17, 15) is 9.13 Å². The van der Waals surface area contributed by atoms with Crippen LogP contribution in [0, 0.1) is 5.41 Å². The monoisotopic (exact) mass is 298 g/mol. The fraction of sp³-hybridized carbons (Fsp3) is 1.00. The lowest BCUT2D eigenvalue weighted by molar-refractivity contribution is 0.0371. The van der Waals surface area contributed by atoms with Crippen molar-refractivity contribution in [3.63, 3.8) is 0 Å². The summed E-state index contributed by atoms with van der Waals surface area (Å²) in [4.78, 5) is 0. The largest absolute Gasteiger partial charge is 0.405 e. The van der Waals surface area contributed by atoms with Gasteiger partial charge in [-0.3, -0.25) is 13.7 Å². The molecule has 0 aromatic rings. The van der Waals surface area contributed by atoms with E-state index >= 15 is 0 Å². The van der Waals surface area contributed by atoms with E-state index < -0.39 is 15.0 Å². The lowest BCUT2D eigenvalue weighted by atomic mass is 9.97. The van der Waals surface area contributed by atoms with Gasteiger partial charge in [0.25, 0.3) is 0 Å². The molecule has 0 spiro atoms. The van der Waals surface area contributed by atoms with Gasteiger partial charge in [-0.05, 0) is 7.05 Å². The van der Waals surface area contributed by atoms with Crippen molar-refractivity contribution >= 4 is 15.0 Å². The van der Waals surface area contributed by atoms with Crippen LogP contribution in [0.15, 0.2) is 0 Å². The number of hydrogen-bond acceptors (Lipinski definition) is 4. The predicted molar refractivity (Wildman–Crippen MR) is 73.4 cm³/mol. The number of nitrogens with one attached hydrogen (secondary N) is 1. The zero-order valence-corrected chi connectivity index (χ0v) is 13.6. The van der Waals surface area contributed by atoms with E-state index in [1.807, 2.05) is 13.8 Å². The Balaban J connectivity index is 2.36. The van der Waals surface area contributed by atoms with E-state index in [1.165, 1.54) is 0 Å². The van der Waals surface area contributed by atoms with E-state index in [4.69, 9.17) is 9.05 Å². The van der Waals surface area contributed by atoms with Crippen molar-refractivity contribution in [3.05, 3.63) is 0 Å². The van der Waals surface area contributed by atoms with Gasteiger partial charge < -0.3 is 4.57 Å². The molecule has 0 radical (unpaired) electrons. The highest BCUT2D eigenvalue weighted by atomic mass is 31.2. The Morgan fingerprint density at radius 1 is 1.33 bits per heavy atom. The van der Waals surface area contributed by atoms with Crippen LogP contribution in [0.3, 0.4) is 0 Å². The summed E-state index contributed by atoms with van der Waals surface area (Å²) in [5.74, 6) is 0. The molecule has 0 saturated carbocycles. The lowest BCUT2D eigenvalue weighted by Crippen LogP contribution is -2.34. The molecule has 1 N–H and O–H groups in total. The quantitative estimate of drug-likeness (QED) is 0.785. The number of rotatable bonds is 5. The van der Waals surface area contributed by atoms with Gasteiger partial charge in [-0.15, -0.1) is 0 Å². The SMILES string of the molecule is CN(CCNP1(=O)OCC(C)(C)CO1)P(C)(C)=O. The highest BCUT2D eigenvalue weighted by Crippen LogP contribution is 2.50. The standard InChI is InChI=1S/C10H24N2O4P2/c1-10(2)8-15-18(14,16-9-10)11-6-7-12(3)17(4,5)13/h6-9H2,1-5H3,(H,11,14). The molecular weight excluding hydrogens is 274 g/mol. The summed E-state index contributed by atoms with van der Waals surface area (Å²) in [7, 11) is -3.63. The summed E-state index contributed by atoms with van der Waals surface area (Å²) in [5, 5.41) is 2.79. The molecule has 8 heteroatoms. The van der Waals surface area contributed by atoms with Gasteiger partial charge >= 0.3 is 7.75 Å². The maximum absolute atomic E-state index is 12.1. The van der Waals surface area contributed by atoms with Gasteiger partial charge in [0.1, 0.15) is 7.29 Å². The Bertz CT molecular complexity index is 366. The minimum Gasteiger partial charge on any atom is -0.307 e. The second-order valence-corrected chi connectivity index (χ2v) is 10.9. The van der Waals surface area contributed by atoms with Crippen LogP contribution in [-0.4, -0.2) is 51.4 Å². The Hall–Kier alpha value is 0.300. The summed E-state index contributed by atoms with van der Waals surface area (Å²) in [6.07, 6.45) is 0. The van der Waals surface area contributed by atoms with Crippen molar-refractivity contribution in [1.29, 1.82) is 0 Å². The molecule has 0 aliphatic carbocycles. The molecule has 18 heavy (non-hydrogen) atoms. The number of hydrogen-bond donors (Lipinski definition) is 1. The molecule has 0 bridgehead atoms. The molecule has 0 amide bonds. The summed E-state index contributed by atoms with van der Waals surface area (Å²) >= 11 is 0. The second-order valence-electron chi connectivity index (χ2n) is 5.79. The van der Waals surface area contributed by atoms with Gasteiger partial charge in [0.15, 0.2) is 0 Å². The van der Waals surface area contributed by atoms with Crippen LogP contribution in [0.2, 0.25) is 0 Å². The summed E-state index contributed by atoms with van der Waals surface area (Å²) in [5.41, 5.74) is -0.102. The van der Waals surface area contributed by atoms with E-state index in [1.54, 1.807) is 25.0 Å². The van der Waals surface area contributed by atoms with Crippen LogP contribution in [0.4, 0.5) is 0 Å². The predicted octanol–water partition coefficient (Wildman–Crippen LogP) is 2.23. The van der Waals surface area contributed by atoms with Gasteiger partial charge in [0, 0.05) is 31.8 Å². The maximum Gasteiger partial charge on any atom is 0.405 e. The fourth-order valence-corrected chi connectivity index (χ4v) is 3.53. The van der Waals surface area contributed by atoms with Crippen molar-refractivity contribution in [2.75, 3.05) is 46.7 Å². The molecule has 1 heterocycles. The van der Waals surface area contributed by atoms with Crippen LogP contribution < -0.4 is 5.09 Å². The maximum atomic E-state index is 12.1. The summed E-state index contributed by atoms with van der Waals surface area (Å²) in [6, 6.07) is 0. The molecule has 108 valence electrons. The molecule has 1 rings (SSSR count). The van der Waals surface area contributed by atoms with E-state index in [-0.39, 0.29) is 5.41 Å². The zero-order valence-electron chi connectivity index (χ0n) is 11.8. The molecule has 1 aliphatic heterocycles. The van der Waals surface area contributed by atoms with Crippen molar-refractivity contribution in [2.24, 2.45) is 5.41 Å². The van der Waals surface area contributed by atoms with Gasteiger partial charge in [-0.2, -0.15) is 0 Å². The topological polar surface area (TPSA) is 67.9 Å². The van der Waals surface area contributed by atoms with Gasteiger partial charge in [-0.1, -0.05) is 13.8 Å². The third-order valence-corrected chi connectivity index (χ3v) is 6.21. The van der Waals surface area contributed by atoms with Crippen molar-refractivity contribution in [3.8, 4) is 0 Å². The molecule has 0 unspecified atom stereocenters. The third-order valence-electron chi connectivity index (χ3n) is 2.81. The first-order valence-corrected chi connectivity index (χ1v) is 10.0. The number of likely N-dealkylation sites (N-methyl/N-ethyl adjacent to an activating group) is 1. The molecule has 1 saturated heterocycles. The normalized spacial score (nSPS) is 23.2. The first-order valence-electron chi connectivity index (χ1n) is 5.95. The molecule has 6 nitrogen and oxygen atoms in total. The second kappa shape index (κ2) is 5.74. The van der Waals surface area contributed by atoms with Crippen LogP contribution in [0.5, 0.6) is 0 Å². The van der Waals surface area contributed by atoms with Gasteiger partial charge in [-0.25, -0.2) is 9.65 Å². The summed E-state index contributed by atoms with van der Waals surface area (Å²) < 4.78 is 36.2. The minimum absolute atomic E-state index is 0.102. The highest BCUT2D eigenvalue weighted by molar-refractivity contribution is 7.59. The van der Waals surface area contributed by atoms with Crippen LogP contribution >= 0.6 is 15.0 Å². The molecule has 0 aromatic carbocycles. The molecule has 1 fully saturated rings. The van der Waals surface area contributed by atoms with Crippen molar-refractivity contribution in [2.45, 2.75) is 13.8 Å². The first-order chi connectivity index (χ1) is 8.04. The van der Waals surface area contributed by atoms with Crippen LogP contribution in [0.25, 0.3) is 0 Å². The molecule has 0 atom stereocenters. The van der Waals surface area contributed by atoms with E-state index in [0.29, 0.717) is 26.3 Å². The van der Waals surface area contributed by atoms with Gasteiger partial charge in [0.05, 0.1) is 13.2 Å². The average Bonchev–Trinajstić information content (AvgIpc) is 2.22. The molecule has 0 aromatic heterocycles. The van der Waals surface area contributed by atoms with Crippen molar-refractivity contribution in [1.82, 2.24) is 9.76 Å². The minimum atomic E-state index is -3.17. The first kappa shape index (κ1) is 16.4. The fourth-order valence-electron chi connectivity index (χ4n) is 1.28. The van der Waals surface area contributed by atoms with Crippen molar-refractivity contribution < 1.29 is 18.2 Å². The van der Waals surface area contributed by atoms with Gasteiger partial charge in [0.2, 0.25) is 0 Å². The summed E-state index contributed by atoms with van der Waals surface area (Å²) in [6.45, 7) is 9.16. The number of nitrogens with zero attached hydrogens (tertiary/aromatic N) is 1. The zero-order chi connectivity index (χ0) is 14.0. The van der Waals surface area contributed by atoms with E-state index in [2.05, 4.69) is 5.09 Å².